The molecule has 48 heavy (non-hydrogen) atoms. The third kappa shape index (κ3) is 7.42. The molecule has 0 aliphatic carbocycles. The number of aromatic nitrogens is 1. The molecule has 10 heteroatoms. The first-order chi connectivity index (χ1) is 23.2. The van der Waals surface area contributed by atoms with Gasteiger partial charge in [-0.15, -0.1) is 6.58 Å². The number of rotatable bonds is 13. The van der Waals surface area contributed by atoms with E-state index in [9.17, 15) is 9.59 Å². The number of ether oxygens (including phenoxy) is 4. The average molecular weight is 687 g/mol. The molecule has 0 saturated carbocycles. The second-order valence-corrected chi connectivity index (χ2v) is 12.7. The summed E-state index contributed by atoms with van der Waals surface area (Å²) in [7, 11) is 0. The van der Waals surface area contributed by atoms with Crippen molar-refractivity contribution >= 4 is 35.0 Å². The summed E-state index contributed by atoms with van der Waals surface area (Å²) in [5.41, 5.74) is 3.60. The van der Waals surface area contributed by atoms with Gasteiger partial charge in [-0.2, -0.15) is 0 Å². The number of carbonyl (C=O) groups is 1. The first-order valence-corrected chi connectivity index (χ1v) is 17.1. The minimum absolute atomic E-state index is 0.126. The van der Waals surface area contributed by atoms with E-state index in [0.29, 0.717) is 61.5 Å². The zero-order chi connectivity index (χ0) is 34.4. The molecule has 0 saturated heterocycles. The number of hydrogen-bond acceptors (Lipinski definition) is 8. The average Bonchev–Trinajstić information content (AvgIpc) is 3.34. The normalized spacial score (nSPS) is 14.4. The lowest BCUT2D eigenvalue weighted by molar-refractivity contribution is -0.139. The van der Waals surface area contributed by atoms with Gasteiger partial charge in [-0.05, 0) is 76.9 Å². The number of nitrogens with zero attached hydrogens (tertiary/aromatic N) is 2. The molecule has 3 aromatic carbocycles. The lowest BCUT2D eigenvalue weighted by Gasteiger charge is -2.26. The minimum atomic E-state index is -0.798. The topological polar surface area (TPSA) is 88.4 Å². The number of carbonyl (C=O) groups excluding carboxylic acids is 1. The first-order valence-electron chi connectivity index (χ1n) is 15.9. The van der Waals surface area contributed by atoms with Crippen molar-refractivity contribution in [3.05, 3.63) is 132 Å². The lowest BCUT2D eigenvalue weighted by atomic mass is 9.95. The monoisotopic (exact) mass is 686 g/mol. The summed E-state index contributed by atoms with van der Waals surface area (Å²) < 4.78 is 26.0. The van der Waals surface area contributed by atoms with E-state index in [1.807, 2.05) is 87.5 Å². The van der Waals surface area contributed by atoms with Crippen molar-refractivity contribution in [3.8, 4) is 17.2 Å². The summed E-state index contributed by atoms with van der Waals surface area (Å²) in [6, 6.07) is 18.0. The fraction of sp³-hybridized carbons (Fsp3) is 0.289. The quantitative estimate of drug-likeness (QED) is 0.112. The van der Waals surface area contributed by atoms with Crippen LogP contribution in [0.1, 0.15) is 62.9 Å². The molecule has 1 aliphatic rings. The first kappa shape index (κ1) is 34.7. The highest BCUT2D eigenvalue weighted by Gasteiger charge is 2.35. The Kier molecular flexibility index (Phi) is 11.2. The van der Waals surface area contributed by atoms with Crippen molar-refractivity contribution in [2.75, 3.05) is 13.2 Å². The maximum atomic E-state index is 14.3. The zero-order valence-electron chi connectivity index (χ0n) is 27.7. The molecule has 5 rings (SSSR count). The van der Waals surface area contributed by atoms with Gasteiger partial charge in [0.25, 0.3) is 5.56 Å². The number of esters is 1. The van der Waals surface area contributed by atoms with Crippen LogP contribution in [-0.4, -0.2) is 29.9 Å². The van der Waals surface area contributed by atoms with Gasteiger partial charge in [-0.3, -0.25) is 9.36 Å². The number of fused-ring (bicyclic) bond motifs is 1. The molecule has 250 valence electrons. The molecule has 0 spiro atoms. The van der Waals surface area contributed by atoms with E-state index in [1.165, 1.54) is 11.3 Å². The number of hydrogen-bond donors (Lipinski definition) is 0. The van der Waals surface area contributed by atoms with Crippen LogP contribution < -0.4 is 29.1 Å². The molecular formula is C38H39ClN2O6S. The van der Waals surface area contributed by atoms with E-state index in [1.54, 1.807) is 24.5 Å². The van der Waals surface area contributed by atoms with Crippen LogP contribution in [0.5, 0.6) is 17.2 Å². The van der Waals surface area contributed by atoms with Crippen LogP contribution >= 0.6 is 22.9 Å². The van der Waals surface area contributed by atoms with Crippen molar-refractivity contribution < 1.29 is 23.7 Å². The Hall–Kier alpha value is -4.60. The Labute approximate surface area is 289 Å². The molecule has 0 fully saturated rings. The van der Waals surface area contributed by atoms with Crippen LogP contribution in [-0.2, 0) is 22.6 Å². The van der Waals surface area contributed by atoms with E-state index >= 15 is 0 Å². The Morgan fingerprint density at radius 3 is 2.50 bits per heavy atom. The number of para-hydroxylation sites is 1. The molecule has 0 radical (unpaired) electrons. The number of benzene rings is 3. The van der Waals surface area contributed by atoms with Gasteiger partial charge in [-0.25, -0.2) is 9.79 Å². The molecule has 8 nitrogen and oxygen atoms in total. The molecular weight excluding hydrogens is 648 g/mol. The third-order valence-electron chi connectivity index (χ3n) is 7.54. The van der Waals surface area contributed by atoms with Gasteiger partial charge in [-0.1, -0.05) is 65.4 Å². The van der Waals surface area contributed by atoms with Crippen LogP contribution in [0, 0.1) is 0 Å². The predicted octanol–water partition coefficient (Wildman–Crippen LogP) is 6.95. The highest BCUT2D eigenvalue weighted by atomic mass is 35.5. The minimum Gasteiger partial charge on any atom is -0.491 e. The van der Waals surface area contributed by atoms with E-state index in [2.05, 4.69) is 6.58 Å². The Morgan fingerprint density at radius 2 is 1.79 bits per heavy atom. The van der Waals surface area contributed by atoms with Crippen LogP contribution in [0.4, 0.5) is 0 Å². The van der Waals surface area contributed by atoms with Crippen molar-refractivity contribution in [1.82, 2.24) is 4.57 Å². The maximum Gasteiger partial charge on any atom is 0.338 e. The van der Waals surface area contributed by atoms with E-state index < -0.39 is 12.0 Å². The predicted molar refractivity (Wildman–Crippen MR) is 190 cm³/mol. The maximum absolute atomic E-state index is 14.3. The van der Waals surface area contributed by atoms with Crippen molar-refractivity contribution in [3.63, 3.8) is 0 Å². The van der Waals surface area contributed by atoms with Crippen LogP contribution in [0.2, 0.25) is 5.02 Å². The van der Waals surface area contributed by atoms with E-state index in [-0.39, 0.29) is 24.9 Å². The third-order valence-corrected chi connectivity index (χ3v) is 8.89. The molecule has 0 unspecified atom stereocenters. The Balaban J connectivity index is 1.66. The van der Waals surface area contributed by atoms with Gasteiger partial charge in [0.1, 0.15) is 18.4 Å². The number of halogens is 1. The highest BCUT2D eigenvalue weighted by molar-refractivity contribution is 7.07. The highest BCUT2D eigenvalue weighted by Crippen LogP contribution is 2.37. The molecule has 0 bridgehead atoms. The van der Waals surface area contributed by atoms with Gasteiger partial charge in [0.05, 0.1) is 35.1 Å². The summed E-state index contributed by atoms with van der Waals surface area (Å²) in [6.07, 6.45) is 3.99. The van der Waals surface area contributed by atoms with Gasteiger partial charge < -0.3 is 18.9 Å². The SMILES string of the molecule is C=CCc1cc(/C=c2/sc3n(c2=O)[C@@H](c2ccccc2OC(C)C)C(C(=O)OCC)=C(C)N=3)cc(OCC)c1OCc1ccccc1Cl. The van der Waals surface area contributed by atoms with Crippen LogP contribution in [0.25, 0.3) is 6.08 Å². The second kappa shape index (κ2) is 15.5. The summed E-state index contributed by atoms with van der Waals surface area (Å²) in [4.78, 5) is 32.9. The lowest BCUT2D eigenvalue weighted by Crippen LogP contribution is -2.40. The number of thiazole rings is 1. The van der Waals surface area contributed by atoms with Gasteiger partial charge in [0.2, 0.25) is 0 Å². The van der Waals surface area contributed by atoms with Crippen molar-refractivity contribution in [1.29, 1.82) is 0 Å². The van der Waals surface area contributed by atoms with Crippen molar-refractivity contribution in [2.24, 2.45) is 4.99 Å². The second-order valence-electron chi connectivity index (χ2n) is 11.3. The van der Waals surface area contributed by atoms with E-state index in [0.717, 1.165) is 16.7 Å². The molecule has 1 aliphatic heterocycles. The largest absolute Gasteiger partial charge is 0.491 e. The summed E-state index contributed by atoms with van der Waals surface area (Å²) in [5.74, 6) is 1.18. The molecule has 1 atom stereocenters. The zero-order valence-corrected chi connectivity index (χ0v) is 29.3. The number of allylic oxidation sites excluding steroid dienone is 2. The molecule has 0 amide bonds. The molecule has 0 N–H and O–H groups in total. The standard InChI is InChI=1S/C38H39ClN2O6S/c1-7-14-26-19-25(20-31(44-8-2)35(26)46-22-27-15-10-12-17-29(27)39)21-32-36(42)41-34(28-16-11-13-18-30(28)47-23(4)5)33(37(43)45-9-3)24(6)40-38(41)48-32/h7,10-13,15-21,23,34H,1,8-9,14,22H2,2-6H3/b32-21+/t34-/m0/s1. The van der Waals surface area contributed by atoms with E-state index in [4.69, 9.17) is 35.5 Å². The molecule has 2 heterocycles. The van der Waals surface area contributed by atoms with Gasteiger partial charge in [0, 0.05) is 21.7 Å². The summed E-state index contributed by atoms with van der Waals surface area (Å²) >= 11 is 7.64. The Morgan fingerprint density at radius 1 is 1.04 bits per heavy atom. The Bertz CT molecular complexity index is 2040. The summed E-state index contributed by atoms with van der Waals surface area (Å²) in [5, 5.41) is 0.616. The van der Waals surface area contributed by atoms with Crippen molar-refractivity contribution in [2.45, 2.75) is 59.8 Å². The van der Waals surface area contributed by atoms with Gasteiger partial charge >= 0.3 is 5.97 Å². The fourth-order valence-corrected chi connectivity index (χ4v) is 6.81. The van der Waals surface area contributed by atoms with Gasteiger partial charge in [0.15, 0.2) is 16.3 Å². The molecule has 4 aromatic rings. The van der Waals surface area contributed by atoms with Crippen LogP contribution in [0.3, 0.4) is 0 Å². The molecule has 1 aromatic heterocycles. The smallest absolute Gasteiger partial charge is 0.338 e. The summed E-state index contributed by atoms with van der Waals surface area (Å²) in [6.45, 7) is 14.1. The fourth-order valence-electron chi connectivity index (χ4n) is 5.57. The van der Waals surface area contributed by atoms with Crippen LogP contribution in [0.15, 0.2) is 94.4 Å².